The summed E-state index contributed by atoms with van der Waals surface area (Å²) in [6.07, 6.45) is 4.02. The van der Waals surface area contributed by atoms with E-state index in [9.17, 15) is 14.0 Å². The molecule has 11 heteroatoms. The van der Waals surface area contributed by atoms with Gasteiger partial charge in [0.2, 0.25) is 5.91 Å². The van der Waals surface area contributed by atoms with E-state index in [2.05, 4.69) is 25.9 Å². The molecule has 3 N–H and O–H groups in total. The third-order valence-electron chi connectivity index (χ3n) is 7.61. The second-order valence-corrected chi connectivity index (χ2v) is 13.2. The van der Waals surface area contributed by atoms with Crippen LogP contribution in [0.2, 0.25) is 5.02 Å². The van der Waals surface area contributed by atoms with Crippen LogP contribution < -0.4 is 20.7 Å². The molecule has 0 saturated carbocycles. The van der Waals surface area contributed by atoms with Gasteiger partial charge in [-0.05, 0) is 104 Å². The molecule has 1 aromatic heterocycles. The van der Waals surface area contributed by atoms with Gasteiger partial charge in [-0.1, -0.05) is 66.2 Å². The molecule has 0 aliphatic heterocycles. The van der Waals surface area contributed by atoms with Gasteiger partial charge in [-0.2, -0.15) is 0 Å². The average Bonchev–Trinajstić information content (AvgIpc) is 3.11. The molecule has 0 spiro atoms. The fourth-order valence-electron chi connectivity index (χ4n) is 5.20. The summed E-state index contributed by atoms with van der Waals surface area (Å²) in [7, 11) is 0. The molecule has 2 amide bonds. The molecule has 6 rings (SSSR count). The van der Waals surface area contributed by atoms with Crippen LogP contribution in [-0.4, -0.2) is 27.6 Å². The maximum atomic E-state index is 13.5. The zero-order valence-corrected chi connectivity index (χ0v) is 29.4. The van der Waals surface area contributed by atoms with E-state index < -0.39 is 11.7 Å². The molecule has 0 bridgehead atoms. The van der Waals surface area contributed by atoms with Gasteiger partial charge in [-0.25, -0.2) is 19.2 Å². The summed E-state index contributed by atoms with van der Waals surface area (Å²) in [5.41, 5.74) is 5.11. The second-order valence-electron chi connectivity index (χ2n) is 12.8. The zero-order chi connectivity index (χ0) is 36.7. The van der Waals surface area contributed by atoms with Crippen LogP contribution in [-0.2, 0) is 16.1 Å². The summed E-state index contributed by atoms with van der Waals surface area (Å²) in [4.78, 5) is 33.9. The number of aromatic nitrogens is 2. The summed E-state index contributed by atoms with van der Waals surface area (Å²) in [6, 6.07) is 32.1. The van der Waals surface area contributed by atoms with E-state index in [-0.39, 0.29) is 18.3 Å². The maximum absolute atomic E-state index is 13.5. The van der Waals surface area contributed by atoms with Gasteiger partial charge in [-0.3, -0.25) is 10.1 Å². The van der Waals surface area contributed by atoms with Crippen molar-refractivity contribution < 1.29 is 23.5 Å². The van der Waals surface area contributed by atoms with Crippen molar-refractivity contribution in [1.82, 2.24) is 9.97 Å². The number of hydrogen-bond acceptors (Lipinski definition) is 7. The molecule has 0 radical (unpaired) electrons. The zero-order valence-electron chi connectivity index (χ0n) is 28.6. The number of carbonyl (C=O) groups is 2. The molecule has 0 aliphatic rings. The standard InChI is InChI=1S/C41H35ClFN5O4/c1-41(2,3)52-40(50)48-36-10-5-4-9-35(36)47-38(49)20-13-26-11-14-28(15-12-26)29-16-18-34-32(22-29)39(45-25-44-34)46-31-17-19-37(33(42)23-31)51-24-27-7-6-8-30(43)21-27/h4-23,25H,24H2,1-3H3,(H,47,49)(H,48,50)(H,44,45,46)/b20-13+. The minimum absolute atomic E-state index is 0.182. The Hall–Kier alpha value is -6.26. The van der Waals surface area contributed by atoms with E-state index in [0.717, 1.165) is 27.6 Å². The molecule has 6 aromatic rings. The highest BCUT2D eigenvalue weighted by Crippen LogP contribution is 2.33. The second kappa shape index (κ2) is 15.7. The quantitative estimate of drug-likeness (QED) is 0.121. The monoisotopic (exact) mass is 715 g/mol. The molecule has 0 aliphatic carbocycles. The van der Waals surface area contributed by atoms with Crippen LogP contribution in [0.1, 0.15) is 31.9 Å². The van der Waals surface area contributed by atoms with Crippen molar-refractivity contribution in [2.75, 3.05) is 16.0 Å². The van der Waals surface area contributed by atoms with Gasteiger partial charge in [-0.15, -0.1) is 0 Å². The van der Waals surface area contributed by atoms with E-state index in [0.29, 0.717) is 39.2 Å². The summed E-state index contributed by atoms with van der Waals surface area (Å²) in [5.74, 6) is 0.395. The Balaban J connectivity index is 1.11. The molecule has 52 heavy (non-hydrogen) atoms. The lowest BCUT2D eigenvalue weighted by molar-refractivity contribution is -0.111. The van der Waals surface area contributed by atoms with Crippen molar-refractivity contribution in [1.29, 1.82) is 0 Å². The van der Waals surface area contributed by atoms with E-state index in [1.54, 1.807) is 75.4 Å². The number of para-hydroxylation sites is 2. The highest BCUT2D eigenvalue weighted by molar-refractivity contribution is 6.32. The van der Waals surface area contributed by atoms with Crippen LogP contribution in [0.25, 0.3) is 28.1 Å². The molecule has 9 nitrogen and oxygen atoms in total. The van der Waals surface area contributed by atoms with Crippen LogP contribution >= 0.6 is 11.6 Å². The largest absolute Gasteiger partial charge is 0.487 e. The van der Waals surface area contributed by atoms with Gasteiger partial charge in [0.1, 0.15) is 35.9 Å². The molecular weight excluding hydrogens is 681 g/mol. The number of hydrogen-bond donors (Lipinski definition) is 3. The number of nitrogens with zero attached hydrogens (tertiary/aromatic N) is 2. The molecule has 0 atom stereocenters. The number of rotatable bonds is 10. The first kappa shape index (κ1) is 35.6. The van der Waals surface area contributed by atoms with Crippen molar-refractivity contribution in [3.8, 4) is 16.9 Å². The Morgan fingerprint density at radius 2 is 1.58 bits per heavy atom. The number of halogens is 2. The molecule has 1 heterocycles. The van der Waals surface area contributed by atoms with Crippen molar-refractivity contribution in [3.05, 3.63) is 144 Å². The first-order valence-corrected chi connectivity index (χ1v) is 16.7. The number of carbonyl (C=O) groups excluding carboxylic acids is 2. The minimum Gasteiger partial charge on any atom is -0.487 e. The summed E-state index contributed by atoms with van der Waals surface area (Å²) in [6.45, 7) is 5.51. The lowest BCUT2D eigenvalue weighted by Gasteiger charge is -2.20. The van der Waals surface area contributed by atoms with Crippen LogP contribution in [0.4, 0.5) is 32.1 Å². The van der Waals surface area contributed by atoms with E-state index in [4.69, 9.17) is 21.1 Å². The highest BCUT2D eigenvalue weighted by Gasteiger charge is 2.17. The van der Waals surface area contributed by atoms with Crippen LogP contribution in [0.5, 0.6) is 5.75 Å². The Labute approximate surface area is 305 Å². The number of benzene rings is 5. The fraction of sp³-hybridized carbons (Fsp3) is 0.122. The van der Waals surface area contributed by atoms with Gasteiger partial charge in [0.15, 0.2) is 0 Å². The minimum atomic E-state index is -0.655. The Morgan fingerprint density at radius 3 is 2.31 bits per heavy atom. The molecule has 0 unspecified atom stereocenters. The lowest BCUT2D eigenvalue weighted by Crippen LogP contribution is -2.27. The van der Waals surface area contributed by atoms with Crippen molar-refractivity contribution >= 4 is 63.5 Å². The molecule has 0 fully saturated rings. The van der Waals surface area contributed by atoms with E-state index in [1.807, 2.05) is 48.5 Å². The Bertz CT molecular complexity index is 2270. The number of ether oxygens (including phenoxy) is 2. The van der Waals surface area contributed by atoms with E-state index in [1.165, 1.54) is 24.5 Å². The number of nitrogens with one attached hydrogen (secondary N) is 3. The highest BCUT2D eigenvalue weighted by atomic mass is 35.5. The fourth-order valence-corrected chi connectivity index (χ4v) is 5.44. The average molecular weight is 716 g/mol. The normalized spacial score (nSPS) is 11.3. The van der Waals surface area contributed by atoms with E-state index >= 15 is 0 Å². The lowest BCUT2D eigenvalue weighted by atomic mass is 10.0. The molecule has 0 saturated heterocycles. The van der Waals surface area contributed by atoms with Crippen LogP contribution in [0.3, 0.4) is 0 Å². The van der Waals surface area contributed by atoms with Gasteiger partial charge in [0.05, 0.1) is 21.9 Å². The van der Waals surface area contributed by atoms with Gasteiger partial charge >= 0.3 is 6.09 Å². The number of fused-ring (bicyclic) bond motifs is 1. The van der Waals surface area contributed by atoms with Crippen LogP contribution in [0, 0.1) is 5.82 Å². The van der Waals surface area contributed by atoms with Gasteiger partial charge < -0.3 is 20.1 Å². The maximum Gasteiger partial charge on any atom is 0.412 e. The SMILES string of the molecule is CC(C)(C)OC(=O)Nc1ccccc1NC(=O)/C=C/c1ccc(-c2ccc3ncnc(Nc4ccc(OCc5cccc(F)c5)c(Cl)c4)c3c2)cc1. The summed E-state index contributed by atoms with van der Waals surface area (Å²) < 4.78 is 24.7. The first-order valence-electron chi connectivity index (χ1n) is 16.4. The summed E-state index contributed by atoms with van der Waals surface area (Å²) in [5, 5.41) is 10.0. The van der Waals surface area contributed by atoms with Gasteiger partial charge in [0.25, 0.3) is 0 Å². The first-order chi connectivity index (χ1) is 25.0. The predicted molar refractivity (Wildman–Crippen MR) is 204 cm³/mol. The number of anilines is 4. The number of amides is 2. The van der Waals surface area contributed by atoms with Crippen molar-refractivity contribution in [3.63, 3.8) is 0 Å². The predicted octanol–water partition coefficient (Wildman–Crippen LogP) is 10.4. The van der Waals surface area contributed by atoms with Gasteiger partial charge in [0, 0.05) is 17.1 Å². The molecule has 262 valence electrons. The topological polar surface area (TPSA) is 114 Å². The Kier molecular flexibility index (Phi) is 10.8. The third-order valence-corrected chi connectivity index (χ3v) is 7.90. The van der Waals surface area contributed by atoms with Crippen molar-refractivity contribution in [2.45, 2.75) is 33.0 Å². The van der Waals surface area contributed by atoms with Crippen LogP contribution in [0.15, 0.2) is 122 Å². The molecular formula is C41H35ClFN5O4. The smallest absolute Gasteiger partial charge is 0.412 e. The van der Waals surface area contributed by atoms with Crippen molar-refractivity contribution in [2.24, 2.45) is 0 Å². The summed E-state index contributed by atoms with van der Waals surface area (Å²) >= 11 is 6.53. The Morgan fingerprint density at radius 1 is 0.827 bits per heavy atom. The molecule has 5 aromatic carbocycles. The third kappa shape index (κ3) is 9.49.